The molecule has 2 heterocycles. The highest BCUT2D eigenvalue weighted by atomic mass is 16.6. The van der Waals surface area contributed by atoms with Crippen LogP contribution in [-0.4, -0.2) is 26.9 Å². The molecule has 0 saturated heterocycles. The van der Waals surface area contributed by atoms with E-state index in [1.165, 1.54) is 12.3 Å². The van der Waals surface area contributed by atoms with Gasteiger partial charge in [-0.3, -0.25) is 14.9 Å². The van der Waals surface area contributed by atoms with E-state index in [9.17, 15) is 19.7 Å². The second-order valence-electron chi connectivity index (χ2n) is 3.58. The molecule has 0 bridgehead atoms. The van der Waals surface area contributed by atoms with Crippen LogP contribution in [0.3, 0.4) is 0 Å². The fourth-order valence-electron chi connectivity index (χ4n) is 1.36. The van der Waals surface area contributed by atoms with E-state index in [1.54, 1.807) is 0 Å². The van der Waals surface area contributed by atoms with Crippen LogP contribution in [0.25, 0.3) is 0 Å². The molecule has 2 aromatic heterocycles. The first-order valence-electron chi connectivity index (χ1n) is 5.22. The minimum Gasteiger partial charge on any atom is -0.478 e. The summed E-state index contributed by atoms with van der Waals surface area (Å²) in [4.78, 5) is 35.9. The largest absolute Gasteiger partial charge is 0.478 e. The van der Waals surface area contributed by atoms with Gasteiger partial charge in [0.2, 0.25) is 0 Å². The fourth-order valence-corrected chi connectivity index (χ4v) is 1.36. The number of carbonyl (C=O) groups is 2. The van der Waals surface area contributed by atoms with Crippen LogP contribution in [0, 0.1) is 10.1 Å². The lowest BCUT2D eigenvalue weighted by Gasteiger charge is -2.02. The maximum absolute atomic E-state index is 11.7. The molecule has 9 nitrogen and oxygen atoms in total. The summed E-state index contributed by atoms with van der Waals surface area (Å²) >= 11 is 0. The van der Waals surface area contributed by atoms with Crippen molar-refractivity contribution in [2.75, 3.05) is 5.32 Å². The predicted molar refractivity (Wildman–Crippen MR) is 64.5 cm³/mol. The Morgan fingerprint density at radius 1 is 1.35 bits per heavy atom. The van der Waals surface area contributed by atoms with Gasteiger partial charge in [-0.25, -0.2) is 9.78 Å². The Morgan fingerprint density at radius 2 is 2.10 bits per heavy atom. The van der Waals surface area contributed by atoms with Crippen molar-refractivity contribution in [1.82, 2.24) is 4.98 Å². The van der Waals surface area contributed by atoms with E-state index in [1.807, 2.05) is 0 Å². The van der Waals surface area contributed by atoms with Crippen LogP contribution in [0.15, 0.2) is 34.9 Å². The lowest BCUT2D eigenvalue weighted by molar-refractivity contribution is -0.402. The quantitative estimate of drug-likeness (QED) is 0.638. The molecule has 0 aromatic carbocycles. The average molecular weight is 277 g/mol. The maximum Gasteiger partial charge on any atom is 0.433 e. The summed E-state index contributed by atoms with van der Waals surface area (Å²) in [6.45, 7) is 0. The van der Waals surface area contributed by atoms with Crippen LogP contribution >= 0.6 is 0 Å². The van der Waals surface area contributed by atoms with Gasteiger partial charge in [0.05, 0.1) is 11.6 Å². The summed E-state index contributed by atoms with van der Waals surface area (Å²) in [5.41, 5.74) is -0.0549. The highest BCUT2D eigenvalue weighted by molar-refractivity contribution is 6.02. The third-order valence-electron chi connectivity index (χ3n) is 2.24. The zero-order chi connectivity index (χ0) is 14.7. The first-order chi connectivity index (χ1) is 9.47. The van der Waals surface area contributed by atoms with E-state index in [2.05, 4.69) is 10.3 Å². The molecule has 2 rings (SSSR count). The van der Waals surface area contributed by atoms with Crippen molar-refractivity contribution in [3.63, 3.8) is 0 Å². The fraction of sp³-hybridized carbons (Fsp3) is 0. The molecule has 0 radical (unpaired) electrons. The minimum absolute atomic E-state index is 0.00560. The Morgan fingerprint density at radius 3 is 2.70 bits per heavy atom. The maximum atomic E-state index is 11.7. The van der Waals surface area contributed by atoms with Gasteiger partial charge < -0.3 is 14.8 Å². The van der Waals surface area contributed by atoms with Crippen molar-refractivity contribution in [3.8, 4) is 0 Å². The number of carbonyl (C=O) groups excluding carboxylic acids is 1. The molecule has 0 fully saturated rings. The number of carboxylic acid groups (broad SMARTS) is 1. The molecule has 2 aromatic rings. The van der Waals surface area contributed by atoms with Gasteiger partial charge in [-0.15, -0.1) is 0 Å². The lowest BCUT2D eigenvalue weighted by Crippen LogP contribution is -2.12. The van der Waals surface area contributed by atoms with E-state index in [0.29, 0.717) is 0 Å². The molecule has 0 aliphatic rings. The first-order valence-corrected chi connectivity index (χ1v) is 5.22. The summed E-state index contributed by atoms with van der Waals surface area (Å²) in [5, 5.41) is 21.5. The van der Waals surface area contributed by atoms with E-state index >= 15 is 0 Å². The van der Waals surface area contributed by atoms with Gasteiger partial charge in [0.1, 0.15) is 10.7 Å². The van der Waals surface area contributed by atoms with Gasteiger partial charge in [0, 0.05) is 6.20 Å². The number of aromatic nitrogens is 1. The number of anilines is 1. The Balaban J connectivity index is 2.16. The van der Waals surface area contributed by atoms with Gasteiger partial charge in [-0.05, 0) is 18.2 Å². The summed E-state index contributed by atoms with van der Waals surface area (Å²) < 4.78 is 4.70. The number of hydrogen-bond acceptors (Lipinski definition) is 6. The number of hydrogen-bond donors (Lipinski definition) is 2. The predicted octanol–water partition coefficient (Wildman–Crippen LogP) is 1.53. The standard InChI is InChI=1S/C11H7N3O6/c15-10(7-1-2-9(20-7)14(18)19)13-8-5-6(11(16)17)3-4-12-8/h1-5H,(H,16,17)(H,12,13,15). The van der Waals surface area contributed by atoms with Crippen LogP contribution in [0.2, 0.25) is 0 Å². The Hall–Kier alpha value is -3.23. The molecule has 20 heavy (non-hydrogen) atoms. The summed E-state index contributed by atoms with van der Waals surface area (Å²) in [6.07, 6.45) is 1.21. The number of aromatic carboxylic acids is 1. The van der Waals surface area contributed by atoms with Gasteiger partial charge in [-0.2, -0.15) is 0 Å². The normalized spacial score (nSPS) is 10.0. The summed E-state index contributed by atoms with van der Waals surface area (Å²) in [6, 6.07) is 4.58. The van der Waals surface area contributed by atoms with E-state index in [0.717, 1.165) is 18.2 Å². The van der Waals surface area contributed by atoms with Crippen molar-refractivity contribution >= 4 is 23.6 Å². The molecule has 0 aliphatic heterocycles. The Bertz CT molecular complexity index is 693. The third kappa shape index (κ3) is 2.77. The van der Waals surface area contributed by atoms with Crippen LogP contribution in [0.4, 0.5) is 11.7 Å². The lowest BCUT2D eigenvalue weighted by atomic mass is 10.2. The smallest absolute Gasteiger partial charge is 0.433 e. The van der Waals surface area contributed by atoms with Crippen molar-refractivity contribution in [1.29, 1.82) is 0 Å². The first kappa shape index (κ1) is 13.2. The van der Waals surface area contributed by atoms with Crippen LogP contribution in [0.1, 0.15) is 20.9 Å². The zero-order valence-electron chi connectivity index (χ0n) is 9.77. The minimum atomic E-state index is -1.17. The van der Waals surface area contributed by atoms with Crippen molar-refractivity contribution in [2.24, 2.45) is 0 Å². The van der Waals surface area contributed by atoms with Gasteiger partial charge >= 0.3 is 11.9 Å². The molecule has 102 valence electrons. The molecule has 0 saturated carbocycles. The van der Waals surface area contributed by atoms with Crippen LogP contribution < -0.4 is 5.32 Å². The third-order valence-corrected chi connectivity index (χ3v) is 2.24. The average Bonchev–Trinajstić information content (AvgIpc) is 2.88. The second kappa shape index (κ2) is 5.18. The number of nitro groups is 1. The number of nitrogens with zero attached hydrogens (tertiary/aromatic N) is 2. The number of furan rings is 1. The van der Waals surface area contributed by atoms with E-state index in [-0.39, 0.29) is 17.1 Å². The Kier molecular flexibility index (Phi) is 3.42. The van der Waals surface area contributed by atoms with E-state index in [4.69, 9.17) is 9.52 Å². The Labute approximate surface area is 111 Å². The second-order valence-corrected chi connectivity index (χ2v) is 3.58. The van der Waals surface area contributed by atoms with Gasteiger partial charge in [0.15, 0.2) is 5.76 Å². The van der Waals surface area contributed by atoms with E-state index < -0.39 is 22.7 Å². The van der Waals surface area contributed by atoms with Crippen LogP contribution in [0.5, 0.6) is 0 Å². The number of rotatable bonds is 4. The highest BCUT2D eigenvalue weighted by Gasteiger charge is 2.18. The molecule has 0 spiro atoms. The topological polar surface area (TPSA) is 136 Å². The molecule has 1 amide bonds. The molecule has 0 unspecified atom stereocenters. The van der Waals surface area contributed by atoms with Gasteiger partial charge in [-0.1, -0.05) is 0 Å². The van der Waals surface area contributed by atoms with Gasteiger partial charge in [0.25, 0.3) is 5.91 Å². The number of pyridine rings is 1. The SMILES string of the molecule is O=C(O)c1ccnc(NC(=O)c2ccc([N+](=O)[O-])o2)c1. The number of carboxylic acids is 1. The molecule has 0 aliphatic carbocycles. The number of nitrogens with one attached hydrogen (secondary N) is 1. The molecular formula is C11H7N3O6. The number of amides is 1. The summed E-state index contributed by atoms with van der Waals surface area (Å²) in [5.74, 6) is -2.79. The summed E-state index contributed by atoms with van der Waals surface area (Å²) in [7, 11) is 0. The monoisotopic (exact) mass is 277 g/mol. The molecule has 9 heteroatoms. The molecular weight excluding hydrogens is 270 g/mol. The zero-order valence-corrected chi connectivity index (χ0v) is 9.77. The van der Waals surface area contributed by atoms with Crippen molar-refractivity contribution in [3.05, 3.63) is 51.9 Å². The van der Waals surface area contributed by atoms with Crippen molar-refractivity contribution in [2.45, 2.75) is 0 Å². The molecule has 0 atom stereocenters. The highest BCUT2D eigenvalue weighted by Crippen LogP contribution is 2.17. The van der Waals surface area contributed by atoms with Crippen LogP contribution in [-0.2, 0) is 0 Å². The molecule has 2 N–H and O–H groups in total. The van der Waals surface area contributed by atoms with Crippen molar-refractivity contribution < 1.29 is 24.0 Å².